The molecule has 2 aromatic heterocycles. The third-order valence-electron chi connectivity index (χ3n) is 2.69. The molecule has 1 aliphatic heterocycles. The van der Waals surface area contributed by atoms with Crippen LogP contribution in [0.25, 0.3) is 11.5 Å². The van der Waals surface area contributed by atoms with E-state index >= 15 is 0 Å². The Bertz CT molecular complexity index is 604. The van der Waals surface area contributed by atoms with Crippen LogP contribution in [0.1, 0.15) is 11.3 Å². The summed E-state index contributed by atoms with van der Waals surface area (Å²) in [5, 5.41) is 0. The van der Waals surface area contributed by atoms with E-state index in [1.54, 1.807) is 24.9 Å². The van der Waals surface area contributed by atoms with E-state index in [1.165, 1.54) is 6.33 Å². The van der Waals surface area contributed by atoms with Crippen molar-refractivity contribution in [3.63, 3.8) is 0 Å². The van der Waals surface area contributed by atoms with Gasteiger partial charge in [0.15, 0.2) is 5.82 Å². The van der Waals surface area contributed by atoms with E-state index in [0.29, 0.717) is 23.2 Å². The lowest BCUT2D eigenvalue weighted by Crippen LogP contribution is -2.04. The summed E-state index contributed by atoms with van der Waals surface area (Å²) in [5.41, 5.74) is 8.61. The lowest BCUT2D eigenvalue weighted by molar-refractivity contribution is 0.397. The Morgan fingerprint density at radius 3 is 3.00 bits per heavy atom. The number of ether oxygens (including phenoxy) is 1. The first-order valence-electron chi connectivity index (χ1n) is 5.37. The SMILES string of the molecule is COc1cc(-c2nc(N)c3c(n2)CSC3)ncn1. The van der Waals surface area contributed by atoms with Crippen LogP contribution in [0.4, 0.5) is 5.82 Å². The third kappa shape index (κ3) is 1.86. The summed E-state index contributed by atoms with van der Waals surface area (Å²) < 4.78 is 5.06. The van der Waals surface area contributed by atoms with Crippen molar-refractivity contribution in [1.82, 2.24) is 19.9 Å². The number of nitrogens with two attached hydrogens (primary N) is 1. The van der Waals surface area contributed by atoms with E-state index in [1.807, 2.05) is 0 Å². The van der Waals surface area contributed by atoms with Crippen LogP contribution in [-0.2, 0) is 11.5 Å². The van der Waals surface area contributed by atoms with Gasteiger partial charge in [0.2, 0.25) is 5.88 Å². The molecule has 0 saturated heterocycles. The van der Waals surface area contributed by atoms with E-state index in [9.17, 15) is 0 Å². The maximum absolute atomic E-state index is 5.94. The molecule has 0 atom stereocenters. The highest BCUT2D eigenvalue weighted by Crippen LogP contribution is 2.32. The highest BCUT2D eigenvalue weighted by Gasteiger charge is 2.19. The maximum atomic E-state index is 5.94. The predicted octanol–water partition coefficient (Wildman–Crippen LogP) is 1.27. The molecule has 92 valence electrons. The molecule has 0 amide bonds. The normalized spacial score (nSPS) is 13.4. The standard InChI is InChI=1S/C11H11N5OS/c1-17-9-2-7(13-5-14-9)11-15-8-4-18-3-6(8)10(12)16-11/h2,5H,3-4H2,1H3,(H2,12,15,16). The Morgan fingerprint density at radius 1 is 1.28 bits per heavy atom. The molecule has 0 fully saturated rings. The Morgan fingerprint density at radius 2 is 2.17 bits per heavy atom. The van der Waals surface area contributed by atoms with Gasteiger partial charge in [-0.3, -0.25) is 0 Å². The molecule has 18 heavy (non-hydrogen) atoms. The molecule has 7 heteroatoms. The number of methoxy groups -OCH3 is 1. The first kappa shape index (κ1) is 11.2. The number of nitrogens with zero attached hydrogens (tertiary/aromatic N) is 4. The van der Waals surface area contributed by atoms with Gasteiger partial charge in [0.05, 0.1) is 12.8 Å². The van der Waals surface area contributed by atoms with Crippen molar-refractivity contribution >= 4 is 17.6 Å². The summed E-state index contributed by atoms with van der Waals surface area (Å²) in [6.07, 6.45) is 1.43. The molecule has 3 rings (SSSR count). The summed E-state index contributed by atoms with van der Waals surface area (Å²) in [5.74, 6) is 3.30. The number of thioether (sulfide) groups is 1. The van der Waals surface area contributed by atoms with Gasteiger partial charge in [-0.15, -0.1) is 0 Å². The molecule has 0 aliphatic carbocycles. The molecule has 0 radical (unpaired) electrons. The van der Waals surface area contributed by atoms with Crippen LogP contribution in [0.5, 0.6) is 5.88 Å². The van der Waals surface area contributed by atoms with Crippen LogP contribution in [0, 0.1) is 0 Å². The first-order chi connectivity index (χ1) is 8.78. The zero-order valence-corrected chi connectivity index (χ0v) is 10.6. The monoisotopic (exact) mass is 261 g/mol. The van der Waals surface area contributed by atoms with Crippen LogP contribution in [0.2, 0.25) is 0 Å². The quantitative estimate of drug-likeness (QED) is 0.871. The van der Waals surface area contributed by atoms with Gasteiger partial charge in [0.25, 0.3) is 0 Å². The highest BCUT2D eigenvalue weighted by molar-refractivity contribution is 7.98. The molecule has 1 aliphatic rings. The average molecular weight is 261 g/mol. The van der Waals surface area contributed by atoms with E-state index < -0.39 is 0 Å². The summed E-state index contributed by atoms with van der Waals surface area (Å²) >= 11 is 1.79. The van der Waals surface area contributed by atoms with Gasteiger partial charge in [-0.25, -0.2) is 19.9 Å². The lowest BCUT2D eigenvalue weighted by Gasteiger charge is -2.06. The van der Waals surface area contributed by atoms with Gasteiger partial charge >= 0.3 is 0 Å². The summed E-state index contributed by atoms with van der Waals surface area (Å²) in [6.45, 7) is 0. The zero-order valence-electron chi connectivity index (χ0n) is 9.75. The van der Waals surface area contributed by atoms with Crippen LogP contribution in [0.15, 0.2) is 12.4 Å². The Kier molecular flexibility index (Phi) is 2.75. The van der Waals surface area contributed by atoms with Crippen molar-refractivity contribution in [3.8, 4) is 17.4 Å². The van der Waals surface area contributed by atoms with Gasteiger partial charge in [0, 0.05) is 23.1 Å². The average Bonchev–Trinajstić information content (AvgIpc) is 2.87. The van der Waals surface area contributed by atoms with Crippen molar-refractivity contribution in [3.05, 3.63) is 23.7 Å². The minimum Gasteiger partial charge on any atom is -0.481 e. The number of hydrogen-bond donors (Lipinski definition) is 1. The molecule has 0 spiro atoms. The van der Waals surface area contributed by atoms with Gasteiger partial charge in [-0.2, -0.15) is 11.8 Å². The number of nitrogen functional groups attached to an aromatic ring is 1. The number of fused-ring (bicyclic) bond motifs is 1. The number of hydrogen-bond acceptors (Lipinski definition) is 7. The van der Waals surface area contributed by atoms with Gasteiger partial charge in [-0.05, 0) is 0 Å². The molecule has 2 aromatic rings. The fourth-order valence-electron chi connectivity index (χ4n) is 1.76. The smallest absolute Gasteiger partial charge is 0.216 e. The van der Waals surface area contributed by atoms with Gasteiger partial charge in [-0.1, -0.05) is 0 Å². The Labute approximate surface area is 108 Å². The lowest BCUT2D eigenvalue weighted by atomic mass is 10.2. The summed E-state index contributed by atoms with van der Waals surface area (Å²) in [6, 6.07) is 1.70. The summed E-state index contributed by atoms with van der Waals surface area (Å²) in [4.78, 5) is 16.9. The van der Waals surface area contributed by atoms with E-state index in [4.69, 9.17) is 10.5 Å². The second kappa shape index (κ2) is 4.41. The van der Waals surface area contributed by atoms with Crippen LogP contribution < -0.4 is 10.5 Å². The van der Waals surface area contributed by atoms with Gasteiger partial charge < -0.3 is 10.5 Å². The molecule has 0 bridgehead atoms. The second-order valence-corrected chi connectivity index (χ2v) is 4.78. The third-order valence-corrected chi connectivity index (χ3v) is 3.66. The van der Waals surface area contributed by atoms with Crippen LogP contribution >= 0.6 is 11.8 Å². The van der Waals surface area contributed by atoms with Gasteiger partial charge in [0.1, 0.15) is 17.8 Å². The molecule has 6 nitrogen and oxygen atoms in total. The van der Waals surface area contributed by atoms with Crippen molar-refractivity contribution in [2.75, 3.05) is 12.8 Å². The first-order valence-corrected chi connectivity index (χ1v) is 6.53. The second-order valence-electron chi connectivity index (χ2n) is 3.80. The Hall–Kier alpha value is -1.89. The Balaban J connectivity index is 2.09. The minimum atomic E-state index is 0.483. The number of rotatable bonds is 2. The van der Waals surface area contributed by atoms with Crippen molar-refractivity contribution in [2.24, 2.45) is 0 Å². The topological polar surface area (TPSA) is 86.8 Å². The molecular weight excluding hydrogens is 250 g/mol. The van der Waals surface area contributed by atoms with Crippen LogP contribution in [0.3, 0.4) is 0 Å². The van der Waals surface area contributed by atoms with Crippen molar-refractivity contribution in [1.29, 1.82) is 0 Å². The highest BCUT2D eigenvalue weighted by atomic mass is 32.2. The van der Waals surface area contributed by atoms with Crippen molar-refractivity contribution < 1.29 is 4.74 Å². The van der Waals surface area contributed by atoms with E-state index in [2.05, 4.69) is 19.9 Å². The van der Waals surface area contributed by atoms with Crippen molar-refractivity contribution in [2.45, 2.75) is 11.5 Å². The number of aromatic nitrogens is 4. The van der Waals surface area contributed by atoms with E-state index in [-0.39, 0.29) is 0 Å². The molecule has 2 N–H and O–H groups in total. The van der Waals surface area contributed by atoms with E-state index in [0.717, 1.165) is 22.8 Å². The molecule has 0 aromatic carbocycles. The molecule has 0 saturated carbocycles. The minimum absolute atomic E-state index is 0.483. The molecule has 0 unspecified atom stereocenters. The number of anilines is 1. The fourth-order valence-corrected chi connectivity index (χ4v) is 2.82. The fraction of sp³-hybridized carbons (Fsp3) is 0.273. The van der Waals surface area contributed by atoms with Crippen LogP contribution in [-0.4, -0.2) is 27.0 Å². The predicted molar refractivity (Wildman–Crippen MR) is 69.0 cm³/mol. The molecule has 3 heterocycles. The summed E-state index contributed by atoms with van der Waals surface area (Å²) in [7, 11) is 1.56. The largest absolute Gasteiger partial charge is 0.481 e. The molecular formula is C11H11N5OS. The maximum Gasteiger partial charge on any atom is 0.216 e. The zero-order chi connectivity index (χ0) is 12.5.